The van der Waals surface area contributed by atoms with E-state index in [0.717, 1.165) is 11.3 Å². The maximum atomic E-state index is 13.3. The van der Waals surface area contributed by atoms with Crippen LogP contribution in [0.3, 0.4) is 0 Å². The number of esters is 1. The van der Waals surface area contributed by atoms with Gasteiger partial charge < -0.3 is 14.6 Å². The summed E-state index contributed by atoms with van der Waals surface area (Å²) in [7, 11) is 0. The Morgan fingerprint density at radius 3 is 2.67 bits per heavy atom. The van der Waals surface area contributed by atoms with Crippen LogP contribution in [0.2, 0.25) is 0 Å². The van der Waals surface area contributed by atoms with Crippen LogP contribution in [0.4, 0.5) is 5.69 Å². The van der Waals surface area contributed by atoms with Crippen LogP contribution in [0.25, 0.3) is 5.76 Å². The van der Waals surface area contributed by atoms with Gasteiger partial charge in [-0.05, 0) is 67.9 Å². The second-order valence-electron chi connectivity index (χ2n) is 8.85. The molecule has 0 spiro atoms. The molecule has 1 amide bonds. The van der Waals surface area contributed by atoms with Gasteiger partial charge >= 0.3 is 5.97 Å². The normalized spacial score (nSPS) is 18.3. The lowest BCUT2D eigenvalue weighted by molar-refractivity contribution is -0.132. The minimum atomic E-state index is -0.993. The Hall–Kier alpha value is -4.46. The molecule has 0 saturated carbocycles. The number of nitrogens with zero attached hydrogens (tertiary/aromatic N) is 2. The average molecular weight is 485 g/mol. The maximum Gasteiger partial charge on any atom is 0.338 e. The molecule has 1 saturated heterocycles. The van der Waals surface area contributed by atoms with Gasteiger partial charge in [0, 0.05) is 23.9 Å². The molecule has 8 heteroatoms. The Balaban J connectivity index is 1.64. The number of amides is 1. The third kappa shape index (κ3) is 4.11. The Morgan fingerprint density at radius 2 is 1.92 bits per heavy atom. The van der Waals surface area contributed by atoms with E-state index in [9.17, 15) is 19.5 Å². The number of Topliss-reactive ketones (excluding diaryl/α,β-unsaturated/α-hetero) is 1. The summed E-state index contributed by atoms with van der Waals surface area (Å²) < 4.78 is 10.8. The second kappa shape index (κ2) is 9.30. The topological polar surface area (TPSA) is 106 Å². The number of rotatable bonds is 5. The molecule has 1 N–H and O–H groups in total. The van der Waals surface area contributed by atoms with E-state index in [-0.39, 0.29) is 23.0 Å². The van der Waals surface area contributed by atoms with Crippen LogP contribution in [-0.4, -0.2) is 40.5 Å². The summed E-state index contributed by atoms with van der Waals surface area (Å²) in [5.74, 6) is -1.77. The summed E-state index contributed by atoms with van der Waals surface area (Å²) in [6.45, 7) is 4.03. The summed E-state index contributed by atoms with van der Waals surface area (Å²) in [5.41, 5.74) is 2.20. The molecule has 182 valence electrons. The number of aliphatic hydroxyl groups excluding tert-OH is 1. The predicted octanol–water partition coefficient (Wildman–Crippen LogP) is 4.21. The zero-order valence-electron chi connectivity index (χ0n) is 19.8. The summed E-state index contributed by atoms with van der Waals surface area (Å²) >= 11 is 0. The monoisotopic (exact) mass is 484 g/mol. The lowest BCUT2D eigenvalue weighted by Crippen LogP contribution is -2.30. The van der Waals surface area contributed by atoms with E-state index >= 15 is 0 Å². The van der Waals surface area contributed by atoms with Crippen LogP contribution in [0.1, 0.15) is 47.1 Å². The third-order valence-corrected chi connectivity index (χ3v) is 6.08. The number of carbonyl (C=O) groups excluding carboxylic acids is 3. The first-order valence-electron chi connectivity index (χ1n) is 11.6. The average Bonchev–Trinajstić information content (AvgIpc) is 3.45. The van der Waals surface area contributed by atoms with Crippen LogP contribution >= 0.6 is 0 Å². The van der Waals surface area contributed by atoms with Gasteiger partial charge in [0.1, 0.15) is 17.6 Å². The van der Waals surface area contributed by atoms with Gasteiger partial charge in [-0.15, -0.1) is 0 Å². The molecule has 0 radical (unpaired) electrons. The highest BCUT2D eigenvalue weighted by Gasteiger charge is 2.47. The summed E-state index contributed by atoms with van der Waals surface area (Å²) in [6.07, 6.45) is 1.92. The Bertz CT molecular complexity index is 1400. The van der Waals surface area contributed by atoms with Gasteiger partial charge in [-0.25, -0.2) is 4.79 Å². The quantitative estimate of drug-likeness (QED) is 0.250. The van der Waals surface area contributed by atoms with E-state index in [1.807, 2.05) is 0 Å². The molecule has 2 aliphatic rings. The number of hydrogen-bond donors (Lipinski definition) is 1. The molecular weight excluding hydrogens is 460 g/mol. The number of aromatic nitrogens is 1. The molecule has 0 aliphatic carbocycles. The van der Waals surface area contributed by atoms with Crippen molar-refractivity contribution in [2.45, 2.75) is 32.4 Å². The van der Waals surface area contributed by atoms with E-state index in [1.165, 1.54) is 11.0 Å². The Kier molecular flexibility index (Phi) is 6.01. The number of ketones is 1. The van der Waals surface area contributed by atoms with Gasteiger partial charge in [-0.3, -0.25) is 19.5 Å². The van der Waals surface area contributed by atoms with Crippen LogP contribution in [-0.2, 0) is 20.7 Å². The van der Waals surface area contributed by atoms with Crippen LogP contribution in [0.5, 0.6) is 5.75 Å². The van der Waals surface area contributed by atoms with Crippen molar-refractivity contribution in [1.29, 1.82) is 0 Å². The number of hydrogen-bond acceptors (Lipinski definition) is 7. The number of ether oxygens (including phenoxy) is 2. The highest BCUT2D eigenvalue weighted by atomic mass is 16.5. The van der Waals surface area contributed by atoms with Crippen molar-refractivity contribution in [1.82, 2.24) is 4.98 Å². The smallest absolute Gasteiger partial charge is 0.338 e. The summed E-state index contributed by atoms with van der Waals surface area (Å²) in [4.78, 5) is 44.8. The fraction of sp³-hybridized carbons (Fsp3) is 0.214. The third-order valence-electron chi connectivity index (χ3n) is 6.08. The van der Waals surface area contributed by atoms with Gasteiger partial charge in [0.2, 0.25) is 0 Å². The molecule has 2 aromatic carbocycles. The van der Waals surface area contributed by atoms with E-state index in [1.54, 1.807) is 74.6 Å². The first-order chi connectivity index (χ1) is 17.3. The maximum absolute atomic E-state index is 13.3. The number of aliphatic hydroxyl groups is 1. The first-order valence-corrected chi connectivity index (χ1v) is 11.6. The molecule has 2 aliphatic heterocycles. The van der Waals surface area contributed by atoms with Crippen molar-refractivity contribution in [3.05, 3.63) is 94.8 Å². The molecule has 8 nitrogen and oxygen atoms in total. The number of pyridine rings is 1. The van der Waals surface area contributed by atoms with Crippen molar-refractivity contribution >= 4 is 29.1 Å². The number of anilines is 1. The van der Waals surface area contributed by atoms with Crippen molar-refractivity contribution in [3.8, 4) is 5.75 Å². The van der Waals surface area contributed by atoms with Gasteiger partial charge in [0.05, 0.1) is 29.5 Å². The lowest BCUT2D eigenvalue weighted by atomic mass is 9.97. The first kappa shape index (κ1) is 23.3. The molecule has 1 fully saturated rings. The minimum absolute atomic E-state index is 0.0762. The molecule has 5 rings (SSSR count). The number of carbonyl (C=O) groups is 3. The second-order valence-corrected chi connectivity index (χ2v) is 8.85. The minimum Gasteiger partial charge on any atom is -0.507 e. The van der Waals surface area contributed by atoms with Gasteiger partial charge in [0.25, 0.3) is 11.7 Å². The van der Waals surface area contributed by atoms with Gasteiger partial charge in [-0.1, -0.05) is 12.1 Å². The van der Waals surface area contributed by atoms with Crippen molar-refractivity contribution in [3.63, 3.8) is 0 Å². The standard InChI is InChI=1S/C28H24N2O6/c1-16(2)36-28(34)19-6-5-7-20(15-19)30-24(21-8-3-4-12-29-21)23(26(32)27(30)33)25(31)18-9-10-22-17(14-18)11-13-35-22/h3-10,12,14-16,24,31H,11,13H2,1-2H3/b25-23-. The Labute approximate surface area is 207 Å². The van der Waals surface area contributed by atoms with Crippen molar-refractivity contribution < 1.29 is 29.0 Å². The van der Waals surface area contributed by atoms with Gasteiger partial charge in [0.15, 0.2) is 0 Å². The van der Waals surface area contributed by atoms with Crippen LogP contribution in [0, 0.1) is 0 Å². The molecular formula is C28H24N2O6. The molecule has 36 heavy (non-hydrogen) atoms. The van der Waals surface area contributed by atoms with E-state index in [0.29, 0.717) is 30.0 Å². The zero-order valence-corrected chi connectivity index (χ0v) is 19.8. The van der Waals surface area contributed by atoms with Crippen LogP contribution < -0.4 is 9.64 Å². The summed E-state index contributed by atoms with van der Waals surface area (Å²) in [6, 6.07) is 15.6. The fourth-order valence-corrected chi connectivity index (χ4v) is 4.47. The predicted molar refractivity (Wildman–Crippen MR) is 132 cm³/mol. The fourth-order valence-electron chi connectivity index (χ4n) is 4.47. The molecule has 1 unspecified atom stereocenters. The van der Waals surface area contributed by atoms with Crippen molar-refractivity contribution in [2.75, 3.05) is 11.5 Å². The van der Waals surface area contributed by atoms with Crippen molar-refractivity contribution in [2.24, 2.45) is 0 Å². The molecule has 1 atom stereocenters. The highest BCUT2D eigenvalue weighted by molar-refractivity contribution is 6.51. The Morgan fingerprint density at radius 1 is 1.08 bits per heavy atom. The molecule has 1 aromatic heterocycles. The van der Waals surface area contributed by atoms with E-state index in [4.69, 9.17) is 9.47 Å². The van der Waals surface area contributed by atoms with Gasteiger partial charge in [-0.2, -0.15) is 0 Å². The van der Waals surface area contributed by atoms with E-state index < -0.39 is 23.7 Å². The largest absolute Gasteiger partial charge is 0.507 e. The molecule has 3 heterocycles. The van der Waals surface area contributed by atoms with Crippen LogP contribution in [0.15, 0.2) is 72.4 Å². The zero-order chi connectivity index (χ0) is 25.4. The number of benzene rings is 2. The van der Waals surface area contributed by atoms with E-state index in [2.05, 4.69) is 4.98 Å². The SMILES string of the molecule is CC(C)OC(=O)c1cccc(N2C(=O)C(=O)/C(=C(\O)c3ccc4c(c3)CCO4)C2c2ccccn2)c1. The molecule has 3 aromatic rings. The summed E-state index contributed by atoms with van der Waals surface area (Å²) in [5, 5.41) is 11.3. The lowest BCUT2D eigenvalue weighted by Gasteiger charge is -2.25. The number of fused-ring (bicyclic) bond motifs is 1. The highest BCUT2D eigenvalue weighted by Crippen LogP contribution is 2.42. The molecule has 0 bridgehead atoms.